The number of aromatic nitrogens is 1. The summed E-state index contributed by atoms with van der Waals surface area (Å²) in [7, 11) is 0. The van der Waals surface area contributed by atoms with Gasteiger partial charge in [0.1, 0.15) is 0 Å². The van der Waals surface area contributed by atoms with Gasteiger partial charge in [0.05, 0.1) is 12.1 Å². The van der Waals surface area contributed by atoms with Crippen molar-refractivity contribution in [2.24, 2.45) is 0 Å². The fraction of sp³-hybridized carbons (Fsp3) is 0.294. The van der Waals surface area contributed by atoms with Gasteiger partial charge in [0.2, 0.25) is 5.91 Å². The summed E-state index contributed by atoms with van der Waals surface area (Å²) in [5, 5.41) is 0. The highest BCUT2D eigenvalue weighted by Crippen LogP contribution is 2.22. The molecule has 1 fully saturated rings. The van der Waals surface area contributed by atoms with Crippen LogP contribution in [0.5, 0.6) is 0 Å². The lowest BCUT2D eigenvalue weighted by atomic mass is 10.1. The minimum absolute atomic E-state index is 0.0253. The predicted molar refractivity (Wildman–Crippen MR) is 83.1 cm³/mol. The summed E-state index contributed by atoms with van der Waals surface area (Å²) in [4.78, 5) is 19.8. The molecule has 0 saturated carbocycles. The Labute approximate surface area is 133 Å². The molecule has 2 aromatic rings. The first-order chi connectivity index (χ1) is 11.1. The third-order valence-electron chi connectivity index (χ3n) is 3.98. The molecule has 0 bridgehead atoms. The topological polar surface area (TPSA) is 36.4 Å². The van der Waals surface area contributed by atoms with Gasteiger partial charge >= 0.3 is 0 Å². The minimum atomic E-state index is -0.849. The van der Waals surface area contributed by atoms with Crippen LogP contribution in [-0.4, -0.2) is 42.0 Å². The van der Waals surface area contributed by atoms with Crippen molar-refractivity contribution in [1.29, 1.82) is 0 Å². The summed E-state index contributed by atoms with van der Waals surface area (Å²) in [5.74, 6) is -1.66. The highest BCUT2D eigenvalue weighted by Gasteiger charge is 2.23. The van der Waals surface area contributed by atoms with Crippen LogP contribution in [-0.2, 0) is 11.2 Å². The van der Waals surface area contributed by atoms with Crippen LogP contribution in [0.25, 0.3) is 0 Å². The predicted octanol–water partition coefficient (Wildman–Crippen LogP) is 2.25. The zero-order valence-corrected chi connectivity index (χ0v) is 12.6. The molecular weight excluding hydrogens is 300 g/mol. The van der Waals surface area contributed by atoms with Gasteiger partial charge in [0, 0.05) is 38.6 Å². The second kappa shape index (κ2) is 6.73. The first-order valence-corrected chi connectivity index (χ1v) is 7.51. The number of hydrogen-bond acceptors (Lipinski definition) is 3. The van der Waals surface area contributed by atoms with Gasteiger partial charge in [0.15, 0.2) is 11.6 Å². The maximum absolute atomic E-state index is 13.8. The first kappa shape index (κ1) is 15.4. The van der Waals surface area contributed by atoms with Gasteiger partial charge in [-0.1, -0.05) is 12.1 Å². The third kappa shape index (κ3) is 3.47. The van der Waals surface area contributed by atoms with E-state index in [9.17, 15) is 13.6 Å². The number of piperazine rings is 1. The van der Waals surface area contributed by atoms with Crippen molar-refractivity contribution in [1.82, 2.24) is 9.88 Å². The van der Waals surface area contributed by atoms with E-state index in [4.69, 9.17) is 0 Å². The average molecular weight is 317 g/mol. The van der Waals surface area contributed by atoms with Crippen molar-refractivity contribution in [2.45, 2.75) is 6.42 Å². The molecule has 4 nitrogen and oxygen atoms in total. The summed E-state index contributed by atoms with van der Waals surface area (Å²) >= 11 is 0. The summed E-state index contributed by atoms with van der Waals surface area (Å²) in [6.07, 6.45) is 3.65. The van der Waals surface area contributed by atoms with Gasteiger partial charge in [0.25, 0.3) is 0 Å². The van der Waals surface area contributed by atoms with E-state index in [2.05, 4.69) is 4.98 Å². The maximum Gasteiger partial charge on any atom is 0.227 e. The van der Waals surface area contributed by atoms with Crippen LogP contribution >= 0.6 is 0 Å². The molecule has 2 heterocycles. The molecule has 6 heteroatoms. The van der Waals surface area contributed by atoms with Crippen LogP contribution < -0.4 is 4.90 Å². The van der Waals surface area contributed by atoms with Crippen molar-refractivity contribution in [3.8, 4) is 0 Å². The molecule has 0 radical (unpaired) electrons. The number of carbonyl (C=O) groups excluding carboxylic acids is 1. The van der Waals surface area contributed by atoms with Gasteiger partial charge in [-0.2, -0.15) is 0 Å². The van der Waals surface area contributed by atoms with E-state index in [1.54, 1.807) is 34.3 Å². The van der Waals surface area contributed by atoms with Crippen molar-refractivity contribution < 1.29 is 13.6 Å². The van der Waals surface area contributed by atoms with E-state index in [-0.39, 0.29) is 11.6 Å². The monoisotopic (exact) mass is 317 g/mol. The summed E-state index contributed by atoms with van der Waals surface area (Å²) in [6, 6.07) is 7.82. The number of pyridine rings is 1. The van der Waals surface area contributed by atoms with E-state index in [0.717, 1.165) is 11.6 Å². The van der Waals surface area contributed by atoms with Gasteiger partial charge in [-0.05, 0) is 23.8 Å². The van der Waals surface area contributed by atoms with Gasteiger partial charge in [-0.15, -0.1) is 0 Å². The number of rotatable bonds is 3. The molecule has 0 atom stereocenters. The smallest absolute Gasteiger partial charge is 0.227 e. The third-order valence-corrected chi connectivity index (χ3v) is 3.98. The van der Waals surface area contributed by atoms with Crippen LogP contribution in [0.3, 0.4) is 0 Å². The molecular formula is C17H17F2N3O. The van der Waals surface area contributed by atoms with Crippen LogP contribution in [0, 0.1) is 11.6 Å². The van der Waals surface area contributed by atoms with Crippen molar-refractivity contribution >= 4 is 11.6 Å². The molecule has 1 aromatic heterocycles. The fourth-order valence-corrected chi connectivity index (χ4v) is 2.72. The standard InChI is InChI=1S/C17H17F2N3O/c18-14-4-1-5-15(17(14)19)21-7-9-22(10-8-21)16(23)11-13-3-2-6-20-12-13/h1-6,12H,7-11H2. The van der Waals surface area contributed by atoms with Crippen molar-refractivity contribution in [2.75, 3.05) is 31.1 Å². The first-order valence-electron chi connectivity index (χ1n) is 7.51. The second-order valence-corrected chi connectivity index (χ2v) is 5.48. The van der Waals surface area contributed by atoms with Crippen molar-refractivity contribution in [3.63, 3.8) is 0 Å². The van der Waals surface area contributed by atoms with Gasteiger partial charge in [-0.3, -0.25) is 9.78 Å². The van der Waals surface area contributed by atoms with E-state index < -0.39 is 11.6 Å². The Morgan fingerprint density at radius 1 is 1.09 bits per heavy atom. The summed E-state index contributed by atoms with van der Waals surface area (Å²) in [6.45, 7) is 1.96. The Morgan fingerprint density at radius 3 is 2.57 bits per heavy atom. The SMILES string of the molecule is O=C(Cc1cccnc1)N1CCN(c2cccc(F)c2F)CC1. The molecule has 23 heavy (non-hydrogen) atoms. The van der Waals surface area contributed by atoms with Crippen LogP contribution in [0.4, 0.5) is 14.5 Å². The maximum atomic E-state index is 13.8. The number of carbonyl (C=O) groups is 1. The lowest BCUT2D eigenvalue weighted by Gasteiger charge is -2.36. The zero-order chi connectivity index (χ0) is 16.2. The number of halogens is 2. The Hall–Kier alpha value is -2.50. The van der Waals surface area contributed by atoms with Crippen LogP contribution in [0.15, 0.2) is 42.7 Å². The minimum Gasteiger partial charge on any atom is -0.366 e. The Morgan fingerprint density at radius 2 is 1.87 bits per heavy atom. The largest absolute Gasteiger partial charge is 0.366 e. The zero-order valence-electron chi connectivity index (χ0n) is 12.6. The fourth-order valence-electron chi connectivity index (χ4n) is 2.72. The summed E-state index contributed by atoms with van der Waals surface area (Å²) < 4.78 is 27.1. The highest BCUT2D eigenvalue weighted by molar-refractivity contribution is 5.79. The average Bonchev–Trinajstić information content (AvgIpc) is 2.58. The molecule has 1 aromatic carbocycles. The molecule has 0 unspecified atom stereocenters. The molecule has 0 spiro atoms. The Bertz CT molecular complexity index is 685. The Kier molecular flexibility index (Phi) is 4.50. The number of hydrogen-bond donors (Lipinski definition) is 0. The van der Waals surface area contributed by atoms with Crippen LogP contribution in [0.1, 0.15) is 5.56 Å². The quantitative estimate of drug-likeness (QED) is 0.871. The molecule has 3 rings (SSSR count). The normalized spacial score (nSPS) is 14.9. The van der Waals surface area contributed by atoms with Crippen molar-refractivity contribution in [3.05, 3.63) is 59.9 Å². The molecule has 1 aliphatic rings. The lowest BCUT2D eigenvalue weighted by Crippen LogP contribution is -2.49. The Balaban J connectivity index is 1.60. The van der Waals surface area contributed by atoms with E-state index in [1.165, 1.54) is 6.07 Å². The summed E-state index contributed by atoms with van der Waals surface area (Å²) in [5.41, 5.74) is 1.13. The molecule has 1 aliphatic heterocycles. The van der Waals surface area contributed by atoms with Crippen LogP contribution in [0.2, 0.25) is 0 Å². The number of amides is 1. The van der Waals surface area contributed by atoms with E-state index in [0.29, 0.717) is 32.6 Å². The van der Waals surface area contributed by atoms with Gasteiger partial charge < -0.3 is 9.80 Å². The lowest BCUT2D eigenvalue weighted by molar-refractivity contribution is -0.130. The highest BCUT2D eigenvalue weighted by atomic mass is 19.2. The van der Waals surface area contributed by atoms with E-state index >= 15 is 0 Å². The molecule has 120 valence electrons. The number of anilines is 1. The molecule has 1 amide bonds. The molecule has 0 aliphatic carbocycles. The molecule has 0 N–H and O–H groups in total. The van der Waals surface area contributed by atoms with E-state index in [1.807, 2.05) is 6.07 Å². The molecule has 1 saturated heterocycles. The van der Waals surface area contributed by atoms with Gasteiger partial charge in [-0.25, -0.2) is 8.78 Å². The second-order valence-electron chi connectivity index (χ2n) is 5.48. The number of benzene rings is 1. The number of nitrogens with zero attached hydrogens (tertiary/aromatic N) is 3.